The molecule has 0 saturated carbocycles. The standard InChI is InChI=1S/C24H29N3O4/c1-30-22-14-21-20(13-23(22)31-12-8-3-2-7-11-19(29)16-28)24(27-17-26-21)25-15-18-9-5-4-6-10-18/h4-6,9-10,13-14,17,28H,2-3,7-8,11-12,15-16H2,1H3,(H,25,26,27). The molecule has 0 spiro atoms. The maximum absolute atomic E-state index is 11.1. The van der Waals surface area contributed by atoms with Crippen molar-refractivity contribution < 1.29 is 19.4 Å². The predicted octanol–water partition coefficient (Wildman–Crippen LogP) is 4.14. The number of unbranched alkanes of at least 4 members (excludes halogenated alkanes) is 3. The lowest BCUT2D eigenvalue weighted by molar-refractivity contribution is -0.121. The number of nitrogens with zero attached hydrogens (tertiary/aromatic N) is 2. The molecular weight excluding hydrogens is 394 g/mol. The van der Waals surface area contributed by atoms with Crippen molar-refractivity contribution in [3.63, 3.8) is 0 Å². The van der Waals surface area contributed by atoms with Gasteiger partial charge in [0.05, 0.1) is 19.2 Å². The summed E-state index contributed by atoms with van der Waals surface area (Å²) in [6.07, 6.45) is 5.55. The van der Waals surface area contributed by atoms with Gasteiger partial charge in [0, 0.05) is 24.4 Å². The molecule has 0 unspecified atom stereocenters. The second-order valence-corrected chi connectivity index (χ2v) is 7.29. The number of ketones is 1. The van der Waals surface area contributed by atoms with E-state index in [1.54, 1.807) is 7.11 Å². The summed E-state index contributed by atoms with van der Waals surface area (Å²) in [5, 5.41) is 13.0. The van der Waals surface area contributed by atoms with Gasteiger partial charge < -0.3 is 19.9 Å². The highest BCUT2D eigenvalue weighted by atomic mass is 16.5. The number of carbonyl (C=O) groups is 1. The number of aromatic nitrogens is 2. The quantitative estimate of drug-likeness (QED) is 0.399. The normalized spacial score (nSPS) is 10.8. The van der Waals surface area contributed by atoms with Crippen molar-refractivity contribution in [3.8, 4) is 11.5 Å². The number of Topliss-reactive ketones (excluding diaryl/α,β-unsaturated/α-hetero) is 1. The number of fused-ring (bicyclic) bond motifs is 1. The van der Waals surface area contributed by atoms with Crippen molar-refractivity contribution in [2.45, 2.75) is 38.6 Å². The molecule has 0 fully saturated rings. The van der Waals surface area contributed by atoms with Crippen molar-refractivity contribution in [2.24, 2.45) is 0 Å². The number of hydrogen-bond donors (Lipinski definition) is 2. The number of methoxy groups -OCH3 is 1. The van der Waals surface area contributed by atoms with Crippen LogP contribution in [0.1, 0.15) is 37.7 Å². The average Bonchev–Trinajstić information content (AvgIpc) is 2.82. The first kappa shape index (κ1) is 22.5. The summed E-state index contributed by atoms with van der Waals surface area (Å²) in [4.78, 5) is 19.9. The van der Waals surface area contributed by atoms with Crippen LogP contribution in [0.3, 0.4) is 0 Å². The molecule has 0 atom stereocenters. The first-order valence-corrected chi connectivity index (χ1v) is 10.6. The van der Waals surface area contributed by atoms with Gasteiger partial charge in [-0.1, -0.05) is 43.2 Å². The van der Waals surface area contributed by atoms with E-state index in [1.165, 1.54) is 11.9 Å². The van der Waals surface area contributed by atoms with Crippen LogP contribution in [0, 0.1) is 0 Å². The molecule has 0 aliphatic rings. The van der Waals surface area contributed by atoms with Crippen LogP contribution in [-0.2, 0) is 11.3 Å². The molecule has 0 saturated heterocycles. The Morgan fingerprint density at radius 2 is 1.84 bits per heavy atom. The van der Waals surface area contributed by atoms with E-state index >= 15 is 0 Å². The van der Waals surface area contributed by atoms with Crippen LogP contribution in [0.15, 0.2) is 48.8 Å². The van der Waals surface area contributed by atoms with Crippen LogP contribution >= 0.6 is 0 Å². The van der Waals surface area contributed by atoms with E-state index in [0.29, 0.717) is 31.1 Å². The zero-order valence-electron chi connectivity index (χ0n) is 17.8. The molecule has 2 aromatic carbocycles. The minimum absolute atomic E-state index is 0.101. The van der Waals surface area contributed by atoms with Gasteiger partial charge in [0.2, 0.25) is 0 Å². The Morgan fingerprint density at radius 1 is 1.03 bits per heavy atom. The minimum Gasteiger partial charge on any atom is -0.493 e. The van der Waals surface area contributed by atoms with E-state index in [1.807, 2.05) is 30.3 Å². The minimum atomic E-state index is -0.364. The fraction of sp³-hybridized carbons (Fsp3) is 0.375. The third kappa shape index (κ3) is 6.65. The van der Waals surface area contributed by atoms with Crippen LogP contribution in [-0.4, -0.2) is 41.2 Å². The van der Waals surface area contributed by atoms with E-state index in [4.69, 9.17) is 14.6 Å². The zero-order chi connectivity index (χ0) is 21.9. The van der Waals surface area contributed by atoms with Crippen LogP contribution in [0.2, 0.25) is 0 Å². The molecule has 3 rings (SSSR count). The molecule has 1 heterocycles. The summed E-state index contributed by atoms with van der Waals surface area (Å²) in [6, 6.07) is 13.9. The lowest BCUT2D eigenvalue weighted by atomic mass is 10.1. The highest BCUT2D eigenvalue weighted by Gasteiger charge is 2.12. The van der Waals surface area contributed by atoms with Crippen molar-refractivity contribution in [1.29, 1.82) is 0 Å². The van der Waals surface area contributed by atoms with Crippen molar-refractivity contribution >= 4 is 22.5 Å². The molecule has 0 radical (unpaired) electrons. The molecule has 7 nitrogen and oxygen atoms in total. The Balaban J connectivity index is 1.61. The molecule has 0 aliphatic carbocycles. The van der Waals surface area contributed by atoms with Gasteiger partial charge in [0.25, 0.3) is 0 Å². The van der Waals surface area contributed by atoms with Gasteiger partial charge in [-0.15, -0.1) is 0 Å². The average molecular weight is 424 g/mol. The van der Waals surface area contributed by atoms with Crippen molar-refractivity contribution in [2.75, 3.05) is 25.6 Å². The van der Waals surface area contributed by atoms with E-state index in [2.05, 4.69) is 27.4 Å². The molecule has 2 N–H and O–H groups in total. The van der Waals surface area contributed by atoms with Gasteiger partial charge >= 0.3 is 0 Å². The van der Waals surface area contributed by atoms with E-state index in [-0.39, 0.29) is 12.4 Å². The van der Waals surface area contributed by atoms with Gasteiger partial charge in [0.15, 0.2) is 17.3 Å². The highest BCUT2D eigenvalue weighted by molar-refractivity contribution is 5.91. The van der Waals surface area contributed by atoms with Gasteiger partial charge in [-0.25, -0.2) is 9.97 Å². The van der Waals surface area contributed by atoms with Crippen LogP contribution in [0.5, 0.6) is 11.5 Å². The van der Waals surface area contributed by atoms with Crippen molar-refractivity contribution in [3.05, 3.63) is 54.4 Å². The number of aliphatic hydroxyl groups is 1. The second-order valence-electron chi connectivity index (χ2n) is 7.29. The summed E-state index contributed by atoms with van der Waals surface area (Å²) in [6.45, 7) is 0.848. The fourth-order valence-electron chi connectivity index (χ4n) is 3.30. The van der Waals surface area contributed by atoms with Crippen LogP contribution in [0.25, 0.3) is 10.9 Å². The Bertz CT molecular complexity index is 979. The van der Waals surface area contributed by atoms with Gasteiger partial charge in [-0.3, -0.25) is 4.79 Å². The highest BCUT2D eigenvalue weighted by Crippen LogP contribution is 2.34. The number of carbonyl (C=O) groups excluding carboxylic acids is 1. The van der Waals surface area contributed by atoms with Crippen LogP contribution < -0.4 is 14.8 Å². The molecule has 7 heteroatoms. The topological polar surface area (TPSA) is 93.6 Å². The molecule has 0 amide bonds. The third-order valence-electron chi connectivity index (χ3n) is 5.01. The number of aliphatic hydroxyl groups excluding tert-OH is 1. The van der Waals surface area contributed by atoms with E-state index in [9.17, 15) is 4.79 Å². The van der Waals surface area contributed by atoms with Crippen molar-refractivity contribution in [1.82, 2.24) is 9.97 Å². The molecule has 31 heavy (non-hydrogen) atoms. The summed E-state index contributed by atoms with van der Waals surface area (Å²) < 4.78 is 11.5. The molecule has 1 aromatic heterocycles. The number of hydrogen-bond acceptors (Lipinski definition) is 7. The second kappa shape index (κ2) is 11.9. The Morgan fingerprint density at radius 3 is 2.61 bits per heavy atom. The summed E-state index contributed by atoms with van der Waals surface area (Å²) in [5.74, 6) is 1.93. The van der Waals surface area contributed by atoms with Gasteiger partial charge in [-0.2, -0.15) is 0 Å². The smallest absolute Gasteiger partial charge is 0.162 e. The van der Waals surface area contributed by atoms with E-state index in [0.717, 1.165) is 42.4 Å². The SMILES string of the molecule is COc1cc2ncnc(NCc3ccccc3)c2cc1OCCCCCCC(=O)CO. The number of ether oxygens (including phenoxy) is 2. The van der Waals surface area contributed by atoms with E-state index < -0.39 is 0 Å². The molecular formula is C24H29N3O4. The maximum atomic E-state index is 11.1. The molecule has 0 aliphatic heterocycles. The lowest BCUT2D eigenvalue weighted by Gasteiger charge is -2.14. The third-order valence-corrected chi connectivity index (χ3v) is 5.01. The molecule has 0 bridgehead atoms. The largest absolute Gasteiger partial charge is 0.493 e. The lowest BCUT2D eigenvalue weighted by Crippen LogP contribution is -2.04. The first-order chi connectivity index (χ1) is 15.2. The van der Waals surface area contributed by atoms with Crippen LogP contribution in [0.4, 0.5) is 5.82 Å². The van der Waals surface area contributed by atoms with Gasteiger partial charge in [-0.05, 0) is 24.5 Å². The summed E-state index contributed by atoms with van der Waals surface area (Å²) >= 11 is 0. The Kier molecular flexibility index (Phi) is 8.60. The summed E-state index contributed by atoms with van der Waals surface area (Å²) in [5.41, 5.74) is 1.95. The number of nitrogens with one attached hydrogen (secondary N) is 1. The zero-order valence-corrected chi connectivity index (χ0v) is 17.8. The molecule has 164 valence electrons. The number of rotatable bonds is 13. The Labute approximate surface area is 182 Å². The fourth-order valence-corrected chi connectivity index (χ4v) is 3.30. The summed E-state index contributed by atoms with van der Waals surface area (Å²) in [7, 11) is 1.61. The predicted molar refractivity (Wildman–Crippen MR) is 121 cm³/mol. The monoisotopic (exact) mass is 423 g/mol. The Hall–Kier alpha value is -3.19. The molecule has 3 aromatic rings. The maximum Gasteiger partial charge on any atom is 0.162 e. The first-order valence-electron chi connectivity index (χ1n) is 10.6. The number of anilines is 1. The number of benzene rings is 2. The van der Waals surface area contributed by atoms with Gasteiger partial charge in [0.1, 0.15) is 18.8 Å².